The molecule has 0 unspecified atom stereocenters. The molecule has 0 bridgehead atoms. The third kappa shape index (κ3) is 3.51. The van der Waals surface area contributed by atoms with Crippen molar-refractivity contribution in [2.24, 2.45) is 5.73 Å². The molecule has 21 heavy (non-hydrogen) atoms. The Morgan fingerprint density at radius 1 is 0.905 bits per heavy atom. The lowest BCUT2D eigenvalue weighted by molar-refractivity contribution is 0.893. The molecule has 0 saturated carbocycles. The minimum absolute atomic E-state index is 0.0341. The van der Waals surface area contributed by atoms with Crippen molar-refractivity contribution in [3.63, 3.8) is 0 Å². The van der Waals surface area contributed by atoms with Crippen LogP contribution in [0.3, 0.4) is 0 Å². The summed E-state index contributed by atoms with van der Waals surface area (Å²) in [6.45, 7) is 0.831. The van der Waals surface area contributed by atoms with E-state index in [0.29, 0.717) is 0 Å². The molecule has 0 radical (unpaired) electrons. The van der Waals surface area contributed by atoms with Gasteiger partial charge in [-0.25, -0.2) is 0 Å². The molecular weight excluding hydrogens is 276 g/mol. The van der Waals surface area contributed by atoms with Gasteiger partial charge in [0.2, 0.25) is 0 Å². The van der Waals surface area contributed by atoms with Crippen molar-refractivity contribution >= 4 is 17.0 Å². The van der Waals surface area contributed by atoms with E-state index in [2.05, 4.69) is 65.3 Å². The van der Waals surface area contributed by atoms with Crippen LogP contribution < -0.4 is 11.1 Å². The topological polar surface area (TPSA) is 38.0 Å². The molecule has 0 saturated heterocycles. The summed E-state index contributed by atoms with van der Waals surface area (Å²) in [6.07, 6.45) is 0. The first kappa shape index (κ1) is 13.9. The Morgan fingerprint density at radius 3 is 2.33 bits per heavy atom. The van der Waals surface area contributed by atoms with Crippen molar-refractivity contribution in [3.8, 4) is 0 Å². The maximum absolute atomic E-state index is 6.27. The van der Waals surface area contributed by atoms with Gasteiger partial charge in [-0.3, -0.25) is 0 Å². The number of nitrogens with one attached hydrogen (secondary N) is 1. The van der Waals surface area contributed by atoms with Crippen LogP contribution in [-0.4, -0.2) is 0 Å². The number of hydrogen-bond donors (Lipinski definition) is 2. The first-order valence-corrected chi connectivity index (χ1v) is 7.87. The lowest BCUT2D eigenvalue weighted by Crippen LogP contribution is -2.10. The Balaban J connectivity index is 1.64. The Kier molecular flexibility index (Phi) is 4.34. The largest absolute Gasteiger partial charge is 0.381 e. The molecule has 0 fully saturated rings. The van der Waals surface area contributed by atoms with Gasteiger partial charge in [0.05, 0.1) is 6.04 Å². The van der Waals surface area contributed by atoms with Crippen LogP contribution in [0.15, 0.2) is 72.1 Å². The smallest absolute Gasteiger partial charge is 0.0646 e. The lowest BCUT2D eigenvalue weighted by Gasteiger charge is -2.12. The monoisotopic (exact) mass is 294 g/mol. The van der Waals surface area contributed by atoms with Crippen molar-refractivity contribution in [2.75, 3.05) is 5.32 Å². The van der Waals surface area contributed by atoms with Crippen LogP contribution in [0.25, 0.3) is 0 Å². The van der Waals surface area contributed by atoms with Crippen LogP contribution in [0.1, 0.15) is 22.0 Å². The minimum Gasteiger partial charge on any atom is -0.381 e. The van der Waals surface area contributed by atoms with Crippen LogP contribution in [0, 0.1) is 0 Å². The number of rotatable bonds is 5. The van der Waals surface area contributed by atoms with E-state index in [1.165, 1.54) is 10.4 Å². The van der Waals surface area contributed by atoms with Gasteiger partial charge in [-0.05, 0) is 34.7 Å². The third-order valence-electron chi connectivity index (χ3n) is 3.46. The van der Waals surface area contributed by atoms with Gasteiger partial charge >= 0.3 is 0 Å². The van der Waals surface area contributed by atoms with E-state index in [1.807, 2.05) is 12.1 Å². The number of thiophene rings is 1. The number of hydrogen-bond acceptors (Lipinski definition) is 3. The predicted octanol–water partition coefficient (Wildman–Crippen LogP) is 4.41. The molecule has 3 aromatic rings. The Bertz CT molecular complexity index is 660. The zero-order valence-electron chi connectivity index (χ0n) is 11.7. The molecule has 0 amide bonds. The summed E-state index contributed by atoms with van der Waals surface area (Å²) in [7, 11) is 0. The van der Waals surface area contributed by atoms with E-state index >= 15 is 0 Å². The number of anilines is 1. The zero-order chi connectivity index (χ0) is 14.5. The molecule has 106 valence electrons. The summed E-state index contributed by atoms with van der Waals surface area (Å²) in [5.74, 6) is 0. The number of benzene rings is 2. The lowest BCUT2D eigenvalue weighted by atomic mass is 10.1. The van der Waals surface area contributed by atoms with E-state index in [-0.39, 0.29) is 6.04 Å². The molecule has 3 heteroatoms. The molecule has 2 nitrogen and oxygen atoms in total. The predicted molar refractivity (Wildman–Crippen MR) is 90.6 cm³/mol. The molecule has 2 aromatic carbocycles. The van der Waals surface area contributed by atoms with Crippen LogP contribution in [0.4, 0.5) is 5.69 Å². The van der Waals surface area contributed by atoms with E-state index in [1.54, 1.807) is 11.3 Å². The van der Waals surface area contributed by atoms with Crippen molar-refractivity contribution in [2.45, 2.75) is 12.6 Å². The second kappa shape index (κ2) is 6.57. The summed E-state index contributed by atoms with van der Waals surface area (Å²) in [5.41, 5.74) is 9.79. The third-order valence-corrected chi connectivity index (χ3v) is 4.41. The average molecular weight is 294 g/mol. The summed E-state index contributed by atoms with van der Waals surface area (Å²) in [4.78, 5) is 1.19. The fourth-order valence-corrected chi connectivity index (χ4v) is 2.99. The van der Waals surface area contributed by atoms with Gasteiger partial charge in [0.25, 0.3) is 0 Å². The minimum atomic E-state index is -0.0341. The van der Waals surface area contributed by atoms with Gasteiger partial charge in [-0.15, -0.1) is 11.3 Å². The van der Waals surface area contributed by atoms with E-state index in [4.69, 9.17) is 5.73 Å². The van der Waals surface area contributed by atoms with E-state index < -0.39 is 0 Å². The standard InChI is InChI=1S/C18H18N2S/c19-18(17-7-4-12-21-17)15-8-10-16(11-9-15)20-13-14-5-2-1-3-6-14/h1-12,18,20H,13,19H2/t18-/m1/s1. The normalized spacial score (nSPS) is 12.0. The highest BCUT2D eigenvalue weighted by molar-refractivity contribution is 7.10. The van der Waals surface area contributed by atoms with Crippen molar-refractivity contribution in [1.29, 1.82) is 0 Å². The maximum Gasteiger partial charge on any atom is 0.0646 e. The quantitative estimate of drug-likeness (QED) is 0.731. The fraction of sp³-hybridized carbons (Fsp3) is 0.111. The van der Waals surface area contributed by atoms with Crippen LogP contribution in [0.5, 0.6) is 0 Å². The molecule has 1 aromatic heterocycles. The van der Waals surface area contributed by atoms with Gasteiger partial charge in [0.1, 0.15) is 0 Å². The maximum atomic E-state index is 6.27. The summed E-state index contributed by atoms with van der Waals surface area (Å²) < 4.78 is 0. The highest BCUT2D eigenvalue weighted by atomic mass is 32.1. The molecule has 0 aliphatic heterocycles. The van der Waals surface area contributed by atoms with Gasteiger partial charge in [0.15, 0.2) is 0 Å². The molecule has 0 aliphatic rings. The van der Waals surface area contributed by atoms with Gasteiger partial charge in [-0.1, -0.05) is 48.5 Å². The van der Waals surface area contributed by atoms with E-state index in [0.717, 1.165) is 17.8 Å². The first-order valence-electron chi connectivity index (χ1n) is 7.00. The SMILES string of the molecule is N[C@H](c1ccc(NCc2ccccc2)cc1)c1cccs1. The zero-order valence-corrected chi connectivity index (χ0v) is 12.5. The van der Waals surface area contributed by atoms with Crippen molar-refractivity contribution in [1.82, 2.24) is 0 Å². The Hall–Kier alpha value is -2.10. The summed E-state index contributed by atoms with van der Waals surface area (Å²) in [6, 6.07) is 22.8. The summed E-state index contributed by atoms with van der Waals surface area (Å²) >= 11 is 1.70. The molecule has 3 rings (SSSR count). The van der Waals surface area contributed by atoms with E-state index in [9.17, 15) is 0 Å². The second-order valence-corrected chi connectivity index (χ2v) is 5.93. The molecular formula is C18H18N2S. The van der Waals surface area contributed by atoms with Crippen molar-refractivity contribution < 1.29 is 0 Å². The Morgan fingerprint density at radius 2 is 1.67 bits per heavy atom. The molecule has 1 heterocycles. The summed E-state index contributed by atoms with van der Waals surface area (Å²) in [5, 5.41) is 5.48. The van der Waals surface area contributed by atoms with Gasteiger partial charge in [0, 0.05) is 17.1 Å². The van der Waals surface area contributed by atoms with Crippen LogP contribution in [0.2, 0.25) is 0 Å². The highest BCUT2D eigenvalue weighted by Crippen LogP contribution is 2.24. The van der Waals surface area contributed by atoms with Crippen LogP contribution in [-0.2, 0) is 6.54 Å². The molecule has 1 atom stereocenters. The van der Waals surface area contributed by atoms with Gasteiger partial charge < -0.3 is 11.1 Å². The molecule has 3 N–H and O–H groups in total. The molecule has 0 spiro atoms. The van der Waals surface area contributed by atoms with Crippen LogP contribution >= 0.6 is 11.3 Å². The fourth-order valence-electron chi connectivity index (χ4n) is 2.24. The van der Waals surface area contributed by atoms with Gasteiger partial charge in [-0.2, -0.15) is 0 Å². The number of nitrogens with two attached hydrogens (primary N) is 1. The second-order valence-electron chi connectivity index (χ2n) is 4.95. The Labute approximate surface area is 129 Å². The first-order chi connectivity index (χ1) is 10.3. The van der Waals surface area contributed by atoms with Crippen molar-refractivity contribution in [3.05, 3.63) is 88.1 Å². The molecule has 0 aliphatic carbocycles. The average Bonchev–Trinajstić information content (AvgIpc) is 3.08. The highest BCUT2D eigenvalue weighted by Gasteiger charge is 2.09.